The molecule has 0 saturated heterocycles. The number of phenols is 1. The summed E-state index contributed by atoms with van der Waals surface area (Å²) in [7, 11) is 0. The van der Waals surface area contributed by atoms with E-state index >= 15 is 0 Å². The van der Waals surface area contributed by atoms with Gasteiger partial charge in [-0.3, -0.25) is 4.79 Å². The molecule has 0 spiro atoms. The van der Waals surface area contributed by atoms with Gasteiger partial charge in [0.1, 0.15) is 5.75 Å². The van der Waals surface area contributed by atoms with E-state index in [2.05, 4.69) is 20.8 Å². The van der Waals surface area contributed by atoms with Crippen molar-refractivity contribution < 1.29 is 9.90 Å². The first-order valence-electron chi connectivity index (χ1n) is 8.20. The van der Waals surface area contributed by atoms with E-state index in [1.165, 1.54) is 37.4 Å². The highest BCUT2D eigenvalue weighted by Crippen LogP contribution is 2.44. The van der Waals surface area contributed by atoms with Gasteiger partial charge in [-0.05, 0) is 72.2 Å². The number of nitrogens with zero attached hydrogens (tertiary/aromatic N) is 4. The molecule has 4 rings (SSSR count). The number of tetrazole rings is 1. The molecule has 0 unspecified atom stereocenters. The van der Waals surface area contributed by atoms with Crippen LogP contribution in [0.15, 0.2) is 29.4 Å². The van der Waals surface area contributed by atoms with Crippen molar-refractivity contribution in [3.63, 3.8) is 0 Å². The average Bonchev–Trinajstić information content (AvgIpc) is 3.50. The van der Waals surface area contributed by atoms with Crippen molar-refractivity contribution in [1.29, 1.82) is 0 Å². The summed E-state index contributed by atoms with van der Waals surface area (Å²) in [6, 6.07) is 6.98. The van der Waals surface area contributed by atoms with Crippen molar-refractivity contribution in [2.24, 2.45) is 11.8 Å². The number of benzene rings is 1. The summed E-state index contributed by atoms with van der Waals surface area (Å²) in [5.41, 5.74) is 0.745. The van der Waals surface area contributed by atoms with Gasteiger partial charge in [0.2, 0.25) is 11.1 Å². The van der Waals surface area contributed by atoms with Crippen molar-refractivity contribution in [2.75, 3.05) is 5.75 Å². The Morgan fingerprint density at radius 3 is 2.54 bits per heavy atom. The first-order valence-corrected chi connectivity index (χ1v) is 9.19. The number of amides is 1. The highest BCUT2D eigenvalue weighted by atomic mass is 32.2. The lowest BCUT2D eigenvalue weighted by Gasteiger charge is -2.17. The summed E-state index contributed by atoms with van der Waals surface area (Å²) in [6.07, 6.45) is 4.97. The van der Waals surface area contributed by atoms with Crippen LogP contribution in [0.5, 0.6) is 5.75 Å². The number of rotatable bonds is 7. The zero-order valence-corrected chi connectivity index (χ0v) is 13.9. The van der Waals surface area contributed by atoms with Crippen LogP contribution in [-0.2, 0) is 4.79 Å². The molecule has 2 aliphatic carbocycles. The molecule has 0 aliphatic heterocycles. The van der Waals surface area contributed by atoms with Crippen molar-refractivity contribution in [3.8, 4) is 11.4 Å². The van der Waals surface area contributed by atoms with E-state index in [1.807, 2.05) is 0 Å². The Kier molecular flexibility index (Phi) is 4.13. The molecule has 2 N–H and O–H groups in total. The smallest absolute Gasteiger partial charge is 0.230 e. The number of thioether (sulfide) groups is 1. The quantitative estimate of drug-likeness (QED) is 0.743. The predicted molar refractivity (Wildman–Crippen MR) is 88.9 cm³/mol. The fourth-order valence-corrected chi connectivity index (χ4v) is 3.62. The van der Waals surface area contributed by atoms with Crippen LogP contribution in [-0.4, -0.2) is 43.0 Å². The van der Waals surface area contributed by atoms with Crippen LogP contribution < -0.4 is 5.32 Å². The Bertz CT molecular complexity index is 712. The molecule has 1 aromatic heterocycles. The van der Waals surface area contributed by atoms with Gasteiger partial charge in [0.25, 0.3) is 0 Å². The average molecular weight is 345 g/mol. The van der Waals surface area contributed by atoms with Crippen LogP contribution in [0.3, 0.4) is 0 Å². The number of carbonyl (C=O) groups excluding carboxylic acids is 1. The van der Waals surface area contributed by atoms with Gasteiger partial charge in [-0.2, -0.15) is 4.68 Å². The Labute approximate surface area is 143 Å². The molecule has 2 fully saturated rings. The Hall–Kier alpha value is -2.09. The van der Waals surface area contributed by atoms with Crippen LogP contribution in [0.1, 0.15) is 25.7 Å². The number of hydrogen-bond acceptors (Lipinski definition) is 6. The molecule has 2 aliphatic rings. The molecule has 24 heavy (non-hydrogen) atoms. The van der Waals surface area contributed by atoms with Crippen molar-refractivity contribution in [3.05, 3.63) is 24.3 Å². The molecule has 0 atom stereocenters. The largest absolute Gasteiger partial charge is 0.508 e. The number of hydrogen-bond donors (Lipinski definition) is 2. The minimum Gasteiger partial charge on any atom is -0.508 e. The molecule has 1 heterocycles. The molecule has 2 saturated carbocycles. The normalized spacial score (nSPS) is 17.2. The molecular formula is C16H19N5O2S. The molecule has 0 radical (unpaired) electrons. The molecule has 1 aromatic carbocycles. The third-order valence-electron chi connectivity index (χ3n) is 4.45. The molecule has 2 aromatic rings. The van der Waals surface area contributed by atoms with Crippen molar-refractivity contribution in [2.45, 2.75) is 36.9 Å². The van der Waals surface area contributed by atoms with Gasteiger partial charge in [0.15, 0.2) is 0 Å². The van der Waals surface area contributed by atoms with E-state index in [-0.39, 0.29) is 11.7 Å². The minimum absolute atomic E-state index is 0.0454. The van der Waals surface area contributed by atoms with Crippen molar-refractivity contribution >= 4 is 17.7 Å². The van der Waals surface area contributed by atoms with Crippen LogP contribution in [0.4, 0.5) is 0 Å². The van der Waals surface area contributed by atoms with Gasteiger partial charge in [-0.15, -0.1) is 5.10 Å². The Morgan fingerprint density at radius 1 is 1.25 bits per heavy atom. The van der Waals surface area contributed by atoms with Gasteiger partial charge in [-0.1, -0.05) is 11.8 Å². The third-order valence-corrected chi connectivity index (χ3v) is 5.37. The molecular weight excluding hydrogens is 326 g/mol. The number of phenolic OH excluding ortho intramolecular Hbond substituents is 1. The Morgan fingerprint density at radius 2 is 1.92 bits per heavy atom. The standard InChI is InChI=1S/C16H19N5O2S/c22-13-7-5-12(6-8-13)21-16(18-19-20-21)24-9-14(23)17-15(10-1-2-10)11-3-4-11/h5-8,10-11,15,22H,1-4,9H2,(H,17,23). The van der Waals surface area contributed by atoms with Crippen LogP contribution in [0.2, 0.25) is 0 Å². The summed E-state index contributed by atoms with van der Waals surface area (Å²) in [5.74, 6) is 1.91. The van der Waals surface area contributed by atoms with Crippen LogP contribution in [0, 0.1) is 11.8 Å². The minimum atomic E-state index is 0.0454. The predicted octanol–water partition coefficient (Wildman–Crippen LogP) is 1.76. The molecule has 7 nitrogen and oxygen atoms in total. The number of nitrogens with one attached hydrogen (secondary N) is 1. The van der Waals surface area contributed by atoms with Gasteiger partial charge in [0.05, 0.1) is 11.4 Å². The molecule has 126 valence electrons. The SMILES string of the molecule is O=C(CSc1nnnn1-c1ccc(O)cc1)NC(C1CC1)C1CC1. The maximum atomic E-state index is 12.3. The third kappa shape index (κ3) is 3.53. The first kappa shape index (κ1) is 15.4. The Balaban J connectivity index is 1.36. The summed E-state index contributed by atoms with van der Waals surface area (Å²) >= 11 is 1.32. The first-order chi connectivity index (χ1) is 11.7. The summed E-state index contributed by atoms with van der Waals surface area (Å²) in [5, 5.41) is 24.7. The van der Waals surface area contributed by atoms with E-state index in [1.54, 1.807) is 28.9 Å². The summed E-state index contributed by atoms with van der Waals surface area (Å²) in [4.78, 5) is 12.3. The summed E-state index contributed by atoms with van der Waals surface area (Å²) < 4.78 is 1.57. The fourth-order valence-electron chi connectivity index (χ4n) is 2.91. The van der Waals surface area contributed by atoms with E-state index in [0.717, 1.165) is 5.69 Å². The fraction of sp³-hybridized carbons (Fsp3) is 0.500. The number of aromatic hydroxyl groups is 1. The molecule has 1 amide bonds. The topological polar surface area (TPSA) is 92.9 Å². The maximum absolute atomic E-state index is 12.3. The second kappa shape index (κ2) is 6.43. The maximum Gasteiger partial charge on any atom is 0.230 e. The lowest BCUT2D eigenvalue weighted by Crippen LogP contribution is -2.39. The highest BCUT2D eigenvalue weighted by molar-refractivity contribution is 7.99. The van der Waals surface area contributed by atoms with Gasteiger partial charge in [0, 0.05) is 6.04 Å². The molecule has 0 bridgehead atoms. The van der Waals surface area contributed by atoms with Gasteiger partial charge >= 0.3 is 0 Å². The molecule has 8 heteroatoms. The van der Waals surface area contributed by atoms with Gasteiger partial charge in [-0.25, -0.2) is 0 Å². The van der Waals surface area contributed by atoms with E-state index in [0.29, 0.717) is 28.8 Å². The second-order valence-corrected chi connectivity index (χ2v) is 7.39. The monoisotopic (exact) mass is 345 g/mol. The summed E-state index contributed by atoms with van der Waals surface area (Å²) in [6.45, 7) is 0. The van der Waals surface area contributed by atoms with E-state index < -0.39 is 0 Å². The second-order valence-electron chi connectivity index (χ2n) is 6.45. The van der Waals surface area contributed by atoms with Crippen LogP contribution >= 0.6 is 11.8 Å². The van der Waals surface area contributed by atoms with E-state index in [9.17, 15) is 9.90 Å². The van der Waals surface area contributed by atoms with E-state index in [4.69, 9.17) is 0 Å². The van der Waals surface area contributed by atoms with Crippen molar-refractivity contribution in [1.82, 2.24) is 25.5 Å². The number of aromatic nitrogens is 4. The zero-order chi connectivity index (χ0) is 16.5. The lowest BCUT2D eigenvalue weighted by atomic mass is 10.1. The van der Waals surface area contributed by atoms with Crippen LogP contribution in [0.25, 0.3) is 5.69 Å². The number of carbonyl (C=O) groups is 1. The lowest BCUT2D eigenvalue weighted by molar-refractivity contribution is -0.119. The zero-order valence-electron chi connectivity index (χ0n) is 13.1. The van der Waals surface area contributed by atoms with Gasteiger partial charge < -0.3 is 10.4 Å². The highest BCUT2D eigenvalue weighted by Gasteiger charge is 2.42.